The van der Waals surface area contributed by atoms with Gasteiger partial charge in [-0.05, 0) is 23.1 Å². The van der Waals surface area contributed by atoms with Gasteiger partial charge in [-0.1, -0.05) is 54.6 Å². The summed E-state index contributed by atoms with van der Waals surface area (Å²) < 4.78 is 0. The number of hydrogen-bond donors (Lipinski definition) is 1. The van der Waals surface area contributed by atoms with Crippen LogP contribution in [0.3, 0.4) is 0 Å². The van der Waals surface area contributed by atoms with Crippen LogP contribution < -0.4 is 5.32 Å². The molecule has 0 aromatic heterocycles. The fourth-order valence-electron chi connectivity index (χ4n) is 2.46. The number of hydrogen-bond acceptors (Lipinski definition) is 2. The molecular weight excluding hydrogens is 232 g/mol. The highest BCUT2D eigenvalue weighted by Gasteiger charge is 2.09. The van der Waals surface area contributed by atoms with Gasteiger partial charge in [0.25, 0.3) is 0 Å². The van der Waals surface area contributed by atoms with Crippen molar-refractivity contribution in [3.05, 3.63) is 71.3 Å². The summed E-state index contributed by atoms with van der Waals surface area (Å²) in [6.07, 6.45) is 1.91. The van der Waals surface area contributed by atoms with Crippen molar-refractivity contribution in [1.29, 1.82) is 0 Å². The standard InChI is InChI=1S/C17H18N2/c1-2-6-14(7-3-1)12-15-8-4-5-9-16(15)13-17-18-10-11-19-17/h1-9H,10-13H2,(H,18,19). The largest absolute Gasteiger partial charge is 0.372 e. The normalized spacial score (nSPS) is 14.0. The molecule has 0 saturated heterocycles. The van der Waals surface area contributed by atoms with Gasteiger partial charge in [0.2, 0.25) is 0 Å². The fraction of sp³-hybridized carbons (Fsp3) is 0.235. The van der Waals surface area contributed by atoms with Gasteiger partial charge in [-0.2, -0.15) is 0 Å². The van der Waals surface area contributed by atoms with Crippen LogP contribution in [0, 0.1) is 0 Å². The summed E-state index contributed by atoms with van der Waals surface area (Å²) in [5.41, 5.74) is 4.13. The molecule has 2 aromatic rings. The lowest BCUT2D eigenvalue weighted by atomic mass is 9.97. The third-order valence-electron chi connectivity index (χ3n) is 3.46. The Morgan fingerprint density at radius 3 is 2.21 bits per heavy atom. The Kier molecular flexibility index (Phi) is 3.59. The Morgan fingerprint density at radius 2 is 1.53 bits per heavy atom. The summed E-state index contributed by atoms with van der Waals surface area (Å²) in [6, 6.07) is 19.3. The van der Waals surface area contributed by atoms with E-state index in [2.05, 4.69) is 64.9 Å². The first kappa shape index (κ1) is 12.0. The van der Waals surface area contributed by atoms with E-state index in [0.29, 0.717) is 0 Å². The molecule has 1 heterocycles. The first-order valence-corrected chi connectivity index (χ1v) is 6.80. The van der Waals surface area contributed by atoms with E-state index in [-0.39, 0.29) is 0 Å². The lowest BCUT2D eigenvalue weighted by Crippen LogP contribution is -2.21. The molecule has 96 valence electrons. The van der Waals surface area contributed by atoms with Crippen LogP contribution in [-0.4, -0.2) is 18.9 Å². The van der Waals surface area contributed by atoms with E-state index in [1.165, 1.54) is 16.7 Å². The van der Waals surface area contributed by atoms with E-state index in [9.17, 15) is 0 Å². The Labute approximate surface area is 114 Å². The summed E-state index contributed by atoms with van der Waals surface area (Å²) in [7, 11) is 0. The topological polar surface area (TPSA) is 24.4 Å². The minimum atomic E-state index is 0.913. The van der Waals surface area contributed by atoms with E-state index in [1.807, 2.05) is 0 Å². The van der Waals surface area contributed by atoms with Crippen LogP contribution in [0.1, 0.15) is 16.7 Å². The second-order valence-electron chi connectivity index (χ2n) is 4.86. The maximum atomic E-state index is 4.48. The van der Waals surface area contributed by atoms with Crippen molar-refractivity contribution in [2.45, 2.75) is 12.8 Å². The van der Waals surface area contributed by atoms with Crippen LogP contribution >= 0.6 is 0 Å². The lowest BCUT2D eigenvalue weighted by molar-refractivity contribution is 0.952. The zero-order valence-electron chi connectivity index (χ0n) is 11.0. The number of amidine groups is 1. The molecule has 0 atom stereocenters. The minimum absolute atomic E-state index is 0.913. The van der Waals surface area contributed by atoms with Gasteiger partial charge in [-0.3, -0.25) is 4.99 Å². The molecule has 2 heteroatoms. The van der Waals surface area contributed by atoms with Gasteiger partial charge in [0.1, 0.15) is 5.84 Å². The molecule has 1 aliphatic heterocycles. The van der Waals surface area contributed by atoms with Crippen molar-refractivity contribution in [3.8, 4) is 0 Å². The highest BCUT2D eigenvalue weighted by Crippen LogP contribution is 2.15. The number of rotatable bonds is 4. The summed E-state index contributed by atoms with van der Waals surface area (Å²) in [5.74, 6) is 1.13. The molecule has 1 N–H and O–H groups in total. The van der Waals surface area contributed by atoms with Crippen molar-refractivity contribution in [2.24, 2.45) is 4.99 Å². The predicted octanol–water partition coefficient (Wildman–Crippen LogP) is 2.82. The number of benzene rings is 2. The highest BCUT2D eigenvalue weighted by molar-refractivity contribution is 5.85. The van der Waals surface area contributed by atoms with Crippen molar-refractivity contribution in [1.82, 2.24) is 5.32 Å². The Bertz CT molecular complexity index is 573. The third-order valence-corrected chi connectivity index (χ3v) is 3.46. The van der Waals surface area contributed by atoms with Crippen LogP contribution in [0.2, 0.25) is 0 Å². The van der Waals surface area contributed by atoms with Crippen molar-refractivity contribution >= 4 is 5.84 Å². The van der Waals surface area contributed by atoms with Crippen LogP contribution in [0.5, 0.6) is 0 Å². The smallest absolute Gasteiger partial charge is 0.101 e. The van der Waals surface area contributed by atoms with E-state index in [0.717, 1.165) is 31.8 Å². The molecule has 0 spiro atoms. The van der Waals surface area contributed by atoms with Crippen LogP contribution in [0.25, 0.3) is 0 Å². The van der Waals surface area contributed by atoms with Gasteiger partial charge in [0.15, 0.2) is 0 Å². The maximum absolute atomic E-state index is 4.48. The molecule has 2 nitrogen and oxygen atoms in total. The average Bonchev–Trinajstić information content (AvgIpc) is 2.95. The fourth-order valence-corrected chi connectivity index (χ4v) is 2.46. The average molecular weight is 250 g/mol. The number of nitrogens with one attached hydrogen (secondary N) is 1. The van der Waals surface area contributed by atoms with Gasteiger partial charge in [0.05, 0.1) is 6.54 Å². The molecule has 0 unspecified atom stereocenters. The molecule has 0 fully saturated rings. The minimum Gasteiger partial charge on any atom is -0.372 e. The highest BCUT2D eigenvalue weighted by atomic mass is 15.1. The monoisotopic (exact) mass is 250 g/mol. The molecule has 3 rings (SSSR count). The van der Waals surface area contributed by atoms with E-state index >= 15 is 0 Å². The van der Waals surface area contributed by atoms with Gasteiger partial charge >= 0.3 is 0 Å². The van der Waals surface area contributed by atoms with E-state index < -0.39 is 0 Å². The number of aliphatic imine (C=N–C) groups is 1. The van der Waals surface area contributed by atoms with Crippen molar-refractivity contribution < 1.29 is 0 Å². The molecular formula is C17H18N2. The van der Waals surface area contributed by atoms with Crippen LogP contribution in [0.4, 0.5) is 0 Å². The first-order valence-electron chi connectivity index (χ1n) is 6.80. The van der Waals surface area contributed by atoms with Crippen LogP contribution in [-0.2, 0) is 12.8 Å². The van der Waals surface area contributed by atoms with E-state index in [4.69, 9.17) is 0 Å². The molecule has 0 radical (unpaired) electrons. The number of nitrogens with zero attached hydrogens (tertiary/aromatic N) is 1. The van der Waals surface area contributed by atoms with Gasteiger partial charge in [0, 0.05) is 13.0 Å². The quantitative estimate of drug-likeness (QED) is 0.886. The first-order chi connectivity index (χ1) is 9.42. The molecule has 0 bridgehead atoms. The van der Waals surface area contributed by atoms with Gasteiger partial charge < -0.3 is 5.32 Å². The third kappa shape index (κ3) is 3.02. The Balaban J connectivity index is 1.81. The Hall–Kier alpha value is -2.09. The zero-order chi connectivity index (χ0) is 12.9. The predicted molar refractivity (Wildman–Crippen MR) is 79.7 cm³/mol. The summed E-state index contributed by atoms with van der Waals surface area (Å²) in [6.45, 7) is 1.90. The molecule has 1 aliphatic rings. The Morgan fingerprint density at radius 1 is 0.842 bits per heavy atom. The summed E-state index contributed by atoms with van der Waals surface area (Å²) >= 11 is 0. The molecule has 0 amide bonds. The maximum Gasteiger partial charge on any atom is 0.101 e. The molecule has 0 aliphatic carbocycles. The molecule has 19 heavy (non-hydrogen) atoms. The zero-order valence-corrected chi connectivity index (χ0v) is 11.0. The van der Waals surface area contributed by atoms with Crippen molar-refractivity contribution in [2.75, 3.05) is 13.1 Å². The second-order valence-corrected chi connectivity index (χ2v) is 4.86. The summed E-state index contributed by atoms with van der Waals surface area (Å²) in [4.78, 5) is 4.48. The van der Waals surface area contributed by atoms with E-state index in [1.54, 1.807) is 0 Å². The van der Waals surface area contributed by atoms with Crippen molar-refractivity contribution in [3.63, 3.8) is 0 Å². The summed E-state index contributed by atoms with van der Waals surface area (Å²) in [5, 5.41) is 3.35. The second kappa shape index (κ2) is 5.70. The molecule has 2 aromatic carbocycles. The van der Waals surface area contributed by atoms with Gasteiger partial charge in [-0.25, -0.2) is 0 Å². The molecule has 0 saturated carbocycles. The van der Waals surface area contributed by atoms with Gasteiger partial charge in [-0.15, -0.1) is 0 Å². The van der Waals surface area contributed by atoms with Crippen LogP contribution in [0.15, 0.2) is 59.6 Å². The SMILES string of the molecule is c1ccc(Cc2ccccc2CC2=NCCN2)cc1. The lowest BCUT2D eigenvalue weighted by Gasteiger charge is -2.10.